The van der Waals surface area contributed by atoms with Gasteiger partial charge in [-0.05, 0) is 60.4 Å². The summed E-state index contributed by atoms with van der Waals surface area (Å²) in [6, 6.07) is 7.02. The van der Waals surface area contributed by atoms with Crippen LogP contribution in [0.1, 0.15) is 29.3 Å². The zero-order valence-corrected chi connectivity index (χ0v) is 12.9. The molecule has 0 fully saturated rings. The smallest absolute Gasteiger partial charge is 0.433 e. The lowest BCUT2D eigenvalue weighted by molar-refractivity contribution is -0.141. The Morgan fingerprint density at radius 3 is 2.46 bits per heavy atom. The van der Waals surface area contributed by atoms with E-state index >= 15 is 0 Å². The number of rotatable bonds is 4. The molecule has 0 aliphatic heterocycles. The van der Waals surface area contributed by atoms with Gasteiger partial charge in [0.1, 0.15) is 11.4 Å². The second kappa shape index (κ2) is 6.98. The molecule has 0 bridgehead atoms. The second-order valence-corrected chi connectivity index (χ2v) is 5.16. The summed E-state index contributed by atoms with van der Waals surface area (Å²) < 4.78 is 66.9. The summed E-state index contributed by atoms with van der Waals surface area (Å²) in [4.78, 5) is 3.30. The molecular weight excluding hydrogens is 329 g/mol. The Morgan fingerprint density at radius 2 is 1.88 bits per heavy atom. The summed E-state index contributed by atoms with van der Waals surface area (Å²) in [6.45, 7) is 0.419. The number of hydrogen-bond acceptors (Lipinski definition) is 2. The number of aromatic nitrogens is 1. The Kier molecular flexibility index (Phi) is 5.21. The summed E-state index contributed by atoms with van der Waals surface area (Å²) in [7, 11) is 0. The monoisotopic (exact) mass is 343 g/mol. The normalized spacial score (nSPS) is 12.6. The molecule has 1 heterocycles. The first kappa shape index (κ1) is 17.9. The second-order valence-electron chi connectivity index (χ2n) is 5.16. The van der Waals surface area contributed by atoms with E-state index in [4.69, 9.17) is 0 Å². The molecule has 0 N–H and O–H groups in total. The highest BCUT2D eigenvalue weighted by atomic mass is 19.4. The zero-order valence-electron chi connectivity index (χ0n) is 12.9. The Balaban J connectivity index is 2.30. The fourth-order valence-electron chi connectivity index (χ4n) is 2.15. The van der Waals surface area contributed by atoms with Gasteiger partial charge in [-0.25, -0.2) is 0 Å². The summed E-state index contributed by atoms with van der Waals surface area (Å²) in [6.07, 6.45) is -1.85. The van der Waals surface area contributed by atoms with Crippen molar-refractivity contribution in [2.45, 2.75) is 26.6 Å². The van der Waals surface area contributed by atoms with Gasteiger partial charge in [0.15, 0.2) is 0 Å². The molecular formula is C17H14F5NO. The van der Waals surface area contributed by atoms with E-state index in [-0.39, 0.29) is 5.75 Å². The number of ether oxygens (including phenoxy) is 1. The maximum atomic E-state index is 12.7. The van der Waals surface area contributed by atoms with Crippen molar-refractivity contribution in [3.05, 3.63) is 58.9 Å². The highest BCUT2D eigenvalue weighted by molar-refractivity contribution is 5.80. The van der Waals surface area contributed by atoms with Gasteiger partial charge < -0.3 is 4.74 Å². The third kappa shape index (κ3) is 4.53. The van der Waals surface area contributed by atoms with Crippen LogP contribution in [0.15, 0.2) is 36.5 Å². The maximum absolute atomic E-state index is 12.7. The lowest BCUT2D eigenvalue weighted by Crippen LogP contribution is -2.07. The van der Waals surface area contributed by atoms with Crippen molar-refractivity contribution in [1.82, 2.24) is 4.98 Å². The van der Waals surface area contributed by atoms with Crippen molar-refractivity contribution in [1.29, 1.82) is 0 Å². The first-order valence-corrected chi connectivity index (χ1v) is 6.94. The molecule has 0 saturated heterocycles. The molecule has 24 heavy (non-hydrogen) atoms. The molecule has 0 saturated carbocycles. The van der Waals surface area contributed by atoms with E-state index in [1.54, 1.807) is 32.1 Å². The van der Waals surface area contributed by atoms with Gasteiger partial charge in [-0.2, -0.15) is 22.0 Å². The van der Waals surface area contributed by atoms with Gasteiger partial charge in [-0.15, -0.1) is 0 Å². The Labute approximate surface area is 135 Å². The molecule has 0 radical (unpaired) electrons. The van der Waals surface area contributed by atoms with Crippen molar-refractivity contribution in [2.75, 3.05) is 0 Å². The Hall–Kier alpha value is -2.44. The van der Waals surface area contributed by atoms with E-state index in [0.717, 1.165) is 12.3 Å². The van der Waals surface area contributed by atoms with Crippen molar-refractivity contribution in [3.63, 3.8) is 0 Å². The average Bonchev–Trinajstić information content (AvgIpc) is 2.48. The molecule has 1 aromatic heterocycles. The Morgan fingerprint density at radius 1 is 1.17 bits per heavy atom. The topological polar surface area (TPSA) is 22.1 Å². The predicted octanol–water partition coefficient (Wildman–Crippen LogP) is 5.57. The number of nitrogens with zero attached hydrogens (tertiary/aromatic N) is 1. The van der Waals surface area contributed by atoms with Crippen molar-refractivity contribution < 1.29 is 26.7 Å². The van der Waals surface area contributed by atoms with Crippen LogP contribution in [0.4, 0.5) is 22.0 Å². The van der Waals surface area contributed by atoms with Crippen LogP contribution < -0.4 is 4.74 Å². The maximum Gasteiger partial charge on any atom is 0.433 e. The van der Waals surface area contributed by atoms with Gasteiger partial charge in [0.25, 0.3) is 0 Å². The van der Waals surface area contributed by atoms with Gasteiger partial charge in [0.2, 0.25) is 0 Å². The average molecular weight is 343 g/mol. The van der Waals surface area contributed by atoms with Crippen LogP contribution in [0.3, 0.4) is 0 Å². The van der Waals surface area contributed by atoms with Gasteiger partial charge in [-0.3, -0.25) is 4.98 Å². The lowest BCUT2D eigenvalue weighted by Gasteiger charge is -2.10. The zero-order chi connectivity index (χ0) is 17.9. The number of allylic oxidation sites excluding steroid dienone is 1. The van der Waals surface area contributed by atoms with Gasteiger partial charge >= 0.3 is 12.8 Å². The first-order valence-electron chi connectivity index (χ1n) is 6.94. The van der Waals surface area contributed by atoms with Crippen LogP contribution in [0, 0.1) is 6.92 Å². The molecule has 1 aromatic carbocycles. The first-order chi connectivity index (χ1) is 11.2. The predicted molar refractivity (Wildman–Crippen MR) is 80.6 cm³/mol. The number of benzene rings is 1. The minimum absolute atomic E-state index is 0.0600. The molecule has 0 spiro atoms. The minimum atomic E-state index is -4.51. The fraction of sp³-hybridized carbons (Fsp3) is 0.235. The van der Waals surface area contributed by atoms with Crippen LogP contribution in [0.25, 0.3) is 11.6 Å². The molecule has 7 heteroatoms. The summed E-state index contributed by atoms with van der Waals surface area (Å²) >= 11 is 0. The molecule has 0 unspecified atom stereocenters. The summed E-state index contributed by atoms with van der Waals surface area (Å²) in [5, 5.41) is 0. The SMILES string of the molecule is C/C(=C\c1ccnc(C(F)(F)F)c1)c1ccc(OC(F)F)c(C)c1. The summed E-state index contributed by atoms with van der Waals surface area (Å²) in [5.41, 5.74) is 1.26. The van der Waals surface area contributed by atoms with Crippen LogP contribution in [0.5, 0.6) is 5.75 Å². The lowest BCUT2D eigenvalue weighted by atomic mass is 10.0. The summed E-state index contributed by atoms with van der Waals surface area (Å²) in [5.74, 6) is 0.0600. The van der Waals surface area contributed by atoms with Gasteiger partial charge in [-0.1, -0.05) is 12.1 Å². The van der Waals surface area contributed by atoms with E-state index < -0.39 is 18.5 Å². The number of hydrogen-bond donors (Lipinski definition) is 0. The van der Waals surface area contributed by atoms with Crippen LogP contribution in [-0.2, 0) is 6.18 Å². The van der Waals surface area contributed by atoms with Crippen molar-refractivity contribution >= 4 is 11.6 Å². The van der Waals surface area contributed by atoms with Gasteiger partial charge in [0.05, 0.1) is 0 Å². The third-order valence-electron chi connectivity index (χ3n) is 3.30. The van der Waals surface area contributed by atoms with Gasteiger partial charge in [0, 0.05) is 6.20 Å². The molecule has 0 aliphatic carbocycles. The highest BCUT2D eigenvalue weighted by Crippen LogP contribution is 2.29. The molecule has 128 valence electrons. The van der Waals surface area contributed by atoms with Crippen LogP contribution in [0.2, 0.25) is 0 Å². The van der Waals surface area contributed by atoms with E-state index in [0.29, 0.717) is 22.3 Å². The standard InChI is InChI=1S/C17H14F5NO/c1-10(7-12-5-6-23-15(9-12)17(20,21)22)13-3-4-14(11(2)8-13)24-16(18)19/h3-9,16H,1-2H3/b10-7+. The van der Waals surface area contributed by atoms with Crippen LogP contribution >= 0.6 is 0 Å². The molecule has 0 amide bonds. The minimum Gasteiger partial charge on any atom is -0.435 e. The van der Waals surface area contributed by atoms with Crippen LogP contribution in [-0.4, -0.2) is 11.6 Å². The van der Waals surface area contributed by atoms with Crippen molar-refractivity contribution in [3.8, 4) is 5.75 Å². The van der Waals surface area contributed by atoms with E-state index in [1.165, 1.54) is 12.1 Å². The highest BCUT2D eigenvalue weighted by Gasteiger charge is 2.32. The molecule has 2 aromatic rings. The van der Waals surface area contributed by atoms with E-state index in [1.807, 2.05) is 0 Å². The number of halogens is 5. The number of aryl methyl sites for hydroxylation is 1. The largest absolute Gasteiger partial charge is 0.435 e. The fourth-order valence-corrected chi connectivity index (χ4v) is 2.15. The number of pyridine rings is 1. The quantitative estimate of drug-likeness (QED) is 0.677. The van der Waals surface area contributed by atoms with E-state index in [2.05, 4.69) is 9.72 Å². The van der Waals surface area contributed by atoms with E-state index in [9.17, 15) is 22.0 Å². The Bertz CT molecular complexity index is 753. The molecule has 0 aliphatic rings. The molecule has 0 atom stereocenters. The number of alkyl halides is 5. The van der Waals surface area contributed by atoms with Crippen molar-refractivity contribution in [2.24, 2.45) is 0 Å². The third-order valence-corrected chi connectivity index (χ3v) is 3.30. The molecule has 2 nitrogen and oxygen atoms in total. The molecule has 2 rings (SSSR count).